The first-order valence-electron chi connectivity index (χ1n) is 11.1. The molecule has 0 amide bonds. The van der Waals surface area contributed by atoms with Crippen molar-refractivity contribution in [2.75, 3.05) is 0 Å². The lowest BCUT2D eigenvalue weighted by Gasteiger charge is -2.39. The topological polar surface area (TPSA) is 49.7 Å². The minimum atomic E-state index is -3.54. The van der Waals surface area contributed by atoms with Gasteiger partial charge in [-0.25, -0.2) is 8.78 Å². The van der Waals surface area contributed by atoms with Crippen molar-refractivity contribution in [1.29, 1.82) is 0 Å². The summed E-state index contributed by atoms with van der Waals surface area (Å²) in [5.74, 6) is -2.42. The average Bonchev–Trinajstić information content (AvgIpc) is 2.68. The van der Waals surface area contributed by atoms with Crippen LogP contribution in [0.3, 0.4) is 0 Å². The summed E-state index contributed by atoms with van der Waals surface area (Å²) < 4.78 is 61.7. The van der Waals surface area contributed by atoms with Crippen LogP contribution in [-0.4, -0.2) is 23.3 Å². The zero-order chi connectivity index (χ0) is 21.9. The molecule has 30 heavy (non-hydrogen) atoms. The number of halogens is 4. The number of alkyl halides is 2. The summed E-state index contributed by atoms with van der Waals surface area (Å²) in [5.41, 5.74) is -0.986. The Morgan fingerprint density at radius 3 is 1.90 bits per heavy atom. The van der Waals surface area contributed by atoms with Crippen LogP contribution in [0.15, 0.2) is 12.1 Å². The maximum Gasteiger partial charge on any atom is 0.494 e. The second-order valence-electron chi connectivity index (χ2n) is 9.02. The molecule has 1 aromatic carbocycles. The number of rotatable bonds is 7. The first-order valence-corrected chi connectivity index (χ1v) is 11.1. The lowest BCUT2D eigenvalue weighted by atomic mass is 9.68. The highest BCUT2D eigenvalue weighted by atomic mass is 19.3. The second kappa shape index (κ2) is 9.90. The van der Waals surface area contributed by atoms with Gasteiger partial charge >= 0.3 is 13.2 Å². The summed E-state index contributed by atoms with van der Waals surface area (Å²) in [6.07, 6.45) is 5.92. The van der Waals surface area contributed by atoms with E-state index in [2.05, 4.69) is 11.7 Å². The molecule has 3 nitrogen and oxygen atoms in total. The van der Waals surface area contributed by atoms with E-state index in [1.165, 1.54) is 38.5 Å². The largest absolute Gasteiger partial charge is 0.494 e. The maximum absolute atomic E-state index is 14.7. The molecule has 0 atom stereocenters. The zero-order valence-electron chi connectivity index (χ0n) is 17.4. The van der Waals surface area contributed by atoms with Crippen molar-refractivity contribution in [3.8, 4) is 5.75 Å². The lowest BCUT2D eigenvalue weighted by molar-refractivity contribution is -0.224. The molecule has 0 heterocycles. The molecule has 0 unspecified atom stereocenters. The van der Waals surface area contributed by atoms with Crippen molar-refractivity contribution in [1.82, 2.24) is 0 Å². The minimum Gasteiger partial charge on any atom is -0.432 e. The molecule has 8 heteroatoms. The third-order valence-corrected chi connectivity index (χ3v) is 7.07. The van der Waals surface area contributed by atoms with Crippen molar-refractivity contribution < 1.29 is 32.3 Å². The predicted molar refractivity (Wildman–Crippen MR) is 108 cm³/mol. The minimum absolute atomic E-state index is 0.324. The Labute approximate surface area is 176 Å². The van der Waals surface area contributed by atoms with Crippen LogP contribution in [0.5, 0.6) is 5.75 Å². The normalized spacial score (nSPS) is 27.7. The molecule has 0 aromatic heterocycles. The molecule has 0 spiro atoms. The molecule has 3 rings (SSSR count). The zero-order valence-corrected chi connectivity index (χ0v) is 17.4. The molecule has 0 saturated heterocycles. The molecule has 2 saturated carbocycles. The molecule has 2 N–H and O–H groups in total. The lowest BCUT2D eigenvalue weighted by Crippen LogP contribution is -2.39. The van der Waals surface area contributed by atoms with Crippen LogP contribution in [0.2, 0.25) is 0 Å². The molecular formula is C22H31BF4O3. The van der Waals surface area contributed by atoms with Gasteiger partial charge in [0.1, 0.15) is 17.4 Å². The van der Waals surface area contributed by atoms with Gasteiger partial charge in [-0.1, -0.05) is 32.6 Å². The van der Waals surface area contributed by atoms with Crippen LogP contribution >= 0.6 is 0 Å². The first kappa shape index (κ1) is 23.4. The number of hydrogen-bond acceptors (Lipinski definition) is 3. The smallest absolute Gasteiger partial charge is 0.432 e. The Hall–Kier alpha value is -1.28. The van der Waals surface area contributed by atoms with Crippen LogP contribution in [-0.2, 0) is 0 Å². The molecular weight excluding hydrogens is 399 g/mol. The summed E-state index contributed by atoms with van der Waals surface area (Å²) >= 11 is 0. The van der Waals surface area contributed by atoms with Crippen LogP contribution in [0.25, 0.3) is 0 Å². The van der Waals surface area contributed by atoms with Crippen molar-refractivity contribution in [3.05, 3.63) is 23.8 Å². The molecule has 1 aromatic rings. The van der Waals surface area contributed by atoms with Crippen molar-refractivity contribution in [3.63, 3.8) is 0 Å². The number of hydrogen-bond donors (Lipinski definition) is 2. The van der Waals surface area contributed by atoms with E-state index in [0.29, 0.717) is 36.8 Å². The van der Waals surface area contributed by atoms with Gasteiger partial charge in [0.05, 0.1) is 11.4 Å². The highest BCUT2D eigenvalue weighted by molar-refractivity contribution is 6.58. The average molecular weight is 430 g/mol. The summed E-state index contributed by atoms with van der Waals surface area (Å²) in [4.78, 5) is 0. The number of ether oxygens (including phenoxy) is 1. The Balaban J connectivity index is 1.55. The summed E-state index contributed by atoms with van der Waals surface area (Å²) in [7, 11) is -2.37. The van der Waals surface area contributed by atoms with Crippen LogP contribution < -0.4 is 10.2 Å². The Morgan fingerprint density at radius 2 is 1.43 bits per heavy atom. The van der Waals surface area contributed by atoms with Gasteiger partial charge in [0, 0.05) is 12.1 Å². The molecule has 0 aliphatic heterocycles. The maximum atomic E-state index is 14.7. The summed E-state index contributed by atoms with van der Waals surface area (Å²) in [5, 5.41) is 17.9. The van der Waals surface area contributed by atoms with E-state index < -0.39 is 42.0 Å². The van der Waals surface area contributed by atoms with E-state index in [-0.39, 0.29) is 0 Å². The van der Waals surface area contributed by atoms with Crippen LogP contribution in [0.1, 0.15) is 71.1 Å². The van der Waals surface area contributed by atoms with E-state index in [9.17, 15) is 17.6 Å². The quantitative estimate of drug-likeness (QED) is 0.472. The van der Waals surface area contributed by atoms with Crippen LogP contribution in [0.4, 0.5) is 17.6 Å². The Bertz CT molecular complexity index is 677. The van der Waals surface area contributed by atoms with Gasteiger partial charge in [-0.3, -0.25) is 0 Å². The van der Waals surface area contributed by atoms with Crippen LogP contribution in [0, 0.1) is 35.3 Å². The summed E-state index contributed by atoms with van der Waals surface area (Å²) in [6, 6.07) is 1.12. The Kier molecular flexibility index (Phi) is 7.72. The van der Waals surface area contributed by atoms with Gasteiger partial charge in [-0.05, 0) is 56.3 Å². The standard InChI is InChI=1S/C22H31BF4O3/c1-2-3-14-4-6-15(7-5-14)16-8-10-17(11-9-16)22(26,27)30-18-12-19(24)21(23(28)29)20(25)13-18/h12-17,28-29H,2-11H2,1H3. The highest BCUT2D eigenvalue weighted by Crippen LogP contribution is 2.45. The molecule has 2 aliphatic carbocycles. The highest BCUT2D eigenvalue weighted by Gasteiger charge is 2.45. The first-order chi connectivity index (χ1) is 14.2. The second-order valence-corrected chi connectivity index (χ2v) is 9.02. The van der Waals surface area contributed by atoms with E-state index in [4.69, 9.17) is 10.0 Å². The number of benzene rings is 1. The van der Waals surface area contributed by atoms with E-state index in [0.717, 1.165) is 18.8 Å². The van der Waals surface area contributed by atoms with Gasteiger partial charge in [0.15, 0.2) is 0 Å². The Morgan fingerprint density at radius 1 is 0.933 bits per heavy atom. The molecule has 168 valence electrons. The van der Waals surface area contributed by atoms with Gasteiger partial charge in [-0.2, -0.15) is 8.78 Å². The van der Waals surface area contributed by atoms with Gasteiger partial charge in [0.2, 0.25) is 0 Å². The molecule has 2 aliphatic rings. The SMILES string of the molecule is CCCC1CCC(C2CCC(C(F)(F)Oc3cc(F)c(B(O)O)c(F)c3)CC2)CC1. The fourth-order valence-electron chi connectivity index (χ4n) is 5.39. The van der Waals surface area contributed by atoms with Gasteiger partial charge < -0.3 is 14.8 Å². The van der Waals surface area contributed by atoms with Crippen molar-refractivity contribution in [2.45, 2.75) is 77.2 Å². The fourth-order valence-corrected chi connectivity index (χ4v) is 5.39. The van der Waals surface area contributed by atoms with Crippen molar-refractivity contribution >= 4 is 12.6 Å². The summed E-state index contributed by atoms with van der Waals surface area (Å²) in [6.45, 7) is 2.21. The van der Waals surface area contributed by atoms with E-state index in [1.807, 2.05) is 0 Å². The fraction of sp³-hybridized carbons (Fsp3) is 0.727. The van der Waals surface area contributed by atoms with Gasteiger partial charge in [-0.15, -0.1) is 0 Å². The monoisotopic (exact) mass is 430 g/mol. The molecule has 0 bridgehead atoms. The van der Waals surface area contributed by atoms with Gasteiger partial charge in [0.25, 0.3) is 0 Å². The van der Waals surface area contributed by atoms with E-state index >= 15 is 0 Å². The van der Waals surface area contributed by atoms with Crippen molar-refractivity contribution in [2.24, 2.45) is 23.7 Å². The predicted octanol–water partition coefficient (Wildman–Crippen LogP) is 5.03. The third-order valence-electron chi connectivity index (χ3n) is 7.07. The molecule has 2 fully saturated rings. The third kappa shape index (κ3) is 5.50. The van der Waals surface area contributed by atoms with E-state index in [1.54, 1.807) is 0 Å². The molecule has 0 radical (unpaired) electrons.